The summed E-state index contributed by atoms with van der Waals surface area (Å²) in [4.78, 5) is 16.8. The van der Waals surface area contributed by atoms with Crippen LogP contribution >= 0.6 is 0 Å². The number of nitro groups is 1. The number of hydrogen-bond acceptors (Lipinski definition) is 5. The molecule has 0 aromatic carbocycles. The number of aromatic nitrogens is 1. The topological polar surface area (TPSA) is 71.3 Å². The lowest BCUT2D eigenvalue weighted by Crippen LogP contribution is -2.25. The van der Waals surface area contributed by atoms with Crippen molar-refractivity contribution in [1.82, 2.24) is 4.98 Å². The molecule has 0 aliphatic rings. The molecule has 0 saturated heterocycles. The maximum Gasteiger partial charge on any atom is 0.311 e. The zero-order valence-corrected chi connectivity index (χ0v) is 10.4. The maximum absolute atomic E-state index is 11.0. The molecule has 17 heavy (non-hydrogen) atoms. The van der Waals surface area contributed by atoms with Crippen molar-refractivity contribution in [2.75, 3.05) is 30.4 Å². The van der Waals surface area contributed by atoms with E-state index < -0.39 is 0 Å². The monoisotopic (exact) mass is 238 g/mol. The van der Waals surface area contributed by atoms with E-state index in [1.54, 1.807) is 13.1 Å². The van der Waals surface area contributed by atoms with Crippen molar-refractivity contribution < 1.29 is 4.92 Å². The largest absolute Gasteiger partial charge is 0.373 e. The fourth-order valence-electron chi connectivity index (χ4n) is 1.64. The molecular formula is C11H18N4O2. The molecule has 1 aromatic rings. The van der Waals surface area contributed by atoms with Crippen LogP contribution in [0.2, 0.25) is 0 Å². The number of nitrogens with one attached hydrogen (secondary N) is 1. The van der Waals surface area contributed by atoms with Gasteiger partial charge < -0.3 is 10.2 Å². The predicted octanol–water partition coefficient (Wildman–Crippen LogP) is 2.27. The van der Waals surface area contributed by atoms with Crippen molar-refractivity contribution in [3.05, 3.63) is 22.2 Å². The van der Waals surface area contributed by atoms with Gasteiger partial charge in [0.2, 0.25) is 5.82 Å². The summed E-state index contributed by atoms with van der Waals surface area (Å²) in [7, 11) is 1.74. The molecule has 0 bridgehead atoms. The summed E-state index contributed by atoms with van der Waals surface area (Å²) >= 11 is 0. The van der Waals surface area contributed by atoms with Gasteiger partial charge in [-0.3, -0.25) is 10.1 Å². The smallest absolute Gasteiger partial charge is 0.311 e. The van der Waals surface area contributed by atoms with Crippen LogP contribution in [-0.4, -0.2) is 30.0 Å². The molecule has 0 unspecified atom stereocenters. The average molecular weight is 238 g/mol. The van der Waals surface area contributed by atoms with Crippen molar-refractivity contribution in [3.8, 4) is 0 Å². The summed E-state index contributed by atoms with van der Waals surface area (Å²) in [5, 5.41) is 13.9. The number of pyridine rings is 1. The summed E-state index contributed by atoms with van der Waals surface area (Å²) in [5.74, 6) is 1.08. The highest BCUT2D eigenvalue weighted by atomic mass is 16.6. The van der Waals surface area contributed by atoms with Crippen LogP contribution < -0.4 is 10.2 Å². The zero-order valence-electron chi connectivity index (χ0n) is 10.4. The third-order valence-corrected chi connectivity index (χ3v) is 2.48. The van der Waals surface area contributed by atoms with Crippen LogP contribution in [0.15, 0.2) is 12.1 Å². The average Bonchev–Trinajstić information content (AvgIpc) is 2.35. The number of anilines is 2. The first-order valence-corrected chi connectivity index (χ1v) is 5.72. The lowest BCUT2D eigenvalue weighted by Gasteiger charge is -2.21. The second kappa shape index (κ2) is 6.03. The second-order valence-electron chi connectivity index (χ2n) is 3.63. The number of nitrogens with zero attached hydrogens (tertiary/aromatic N) is 3. The molecule has 1 aromatic heterocycles. The Labute approximate surface area is 101 Å². The molecule has 0 fully saturated rings. The van der Waals surface area contributed by atoms with E-state index in [1.807, 2.05) is 18.7 Å². The van der Waals surface area contributed by atoms with Crippen LogP contribution in [-0.2, 0) is 0 Å². The van der Waals surface area contributed by atoms with Gasteiger partial charge in [-0.05, 0) is 19.4 Å². The lowest BCUT2D eigenvalue weighted by atomic mass is 10.3. The van der Waals surface area contributed by atoms with E-state index in [2.05, 4.69) is 10.3 Å². The molecule has 1 N–H and O–H groups in total. The molecule has 94 valence electrons. The van der Waals surface area contributed by atoms with Crippen LogP contribution in [0.25, 0.3) is 0 Å². The molecule has 0 aliphatic heterocycles. The molecule has 1 heterocycles. The third-order valence-electron chi connectivity index (χ3n) is 2.48. The van der Waals surface area contributed by atoms with Gasteiger partial charge in [-0.2, -0.15) is 0 Å². The quantitative estimate of drug-likeness (QED) is 0.608. The molecule has 0 amide bonds. The van der Waals surface area contributed by atoms with Crippen LogP contribution in [0.5, 0.6) is 0 Å². The lowest BCUT2D eigenvalue weighted by molar-refractivity contribution is -0.384. The van der Waals surface area contributed by atoms with Gasteiger partial charge in [0.05, 0.1) is 4.92 Å². The summed E-state index contributed by atoms with van der Waals surface area (Å²) in [5.41, 5.74) is 0.0549. The van der Waals surface area contributed by atoms with Crippen molar-refractivity contribution in [1.29, 1.82) is 0 Å². The minimum absolute atomic E-state index is 0.0549. The van der Waals surface area contributed by atoms with E-state index in [1.165, 1.54) is 6.07 Å². The summed E-state index contributed by atoms with van der Waals surface area (Å²) in [6.07, 6.45) is 0.927. The highest BCUT2D eigenvalue weighted by molar-refractivity contribution is 5.61. The van der Waals surface area contributed by atoms with E-state index in [0.29, 0.717) is 18.2 Å². The van der Waals surface area contributed by atoms with Gasteiger partial charge in [0.1, 0.15) is 5.82 Å². The van der Waals surface area contributed by atoms with Crippen LogP contribution in [0, 0.1) is 10.1 Å². The fraction of sp³-hybridized carbons (Fsp3) is 0.545. The Balaban J connectivity index is 3.19. The minimum atomic E-state index is -0.389. The summed E-state index contributed by atoms with van der Waals surface area (Å²) in [6.45, 7) is 5.47. The van der Waals surface area contributed by atoms with Crippen molar-refractivity contribution >= 4 is 17.3 Å². The maximum atomic E-state index is 11.0. The van der Waals surface area contributed by atoms with Gasteiger partial charge >= 0.3 is 5.69 Å². The Morgan fingerprint density at radius 2 is 2.18 bits per heavy atom. The van der Waals surface area contributed by atoms with Gasteiger partial charge in [-0.15, -0.1) is 0 Å². The van der Waals surface area contributed by atoms with Crippen LogP contribution in [0.4, 0.5) is 17.3 Å². The molecular weight excluding hydrogens is 220 g/mol. The van der Waals surface area contributed by atoms with Gasteiger partial charge in [0.15, 0.2) is 0 Å². The molecule has 0 radical (unpaired) electrons. The van der Waals surface area contributed by atoms with Crippen molar-refractivity contribution in [2.45, 2.75) is 20.3 Å². The Morgan fingerprint density at radius 3 is 2.65 bits per heavy atom. The van der Waals surface area contributed by atoms with Gasteiger partial charge in [-0.1, -0.05) is 6.92 Å². The first-order chi connectivity index (χ1) is 8.13. The molecule has 6 nitrogen and oxygen atoms in total. The van der Waals surface area contributed by atoms with Gasteiger partial charge in [-0.25, -0.2) is 4.98 Å². The Morgan fingerprint density at radius 1 is 1.47 bits per heavy atom. The second-order valence-corrected chi connectivity index (χ2v) is 3.63. The van der Waals surface area contributed by atoms with Crippen LogP contribution in [0.1, 0.15) is 20.3 Å². The molecule has 0 saturated carbocycles. The van der Waals surface area contributed by atoms with Crippen LogP contribution in [0.3, 0.4) is 0 Å². The summed E-state index contributed by atoms with van der Waals surface area (Å²) in [6, 6.07) is 3.11. The fourth-order valence-corrected chi connectivity index (χ4v) is 1.64. The van der Waals surface area contributed by atoms with E-state index in [-0.39, 0.29) is 10.6 Å². The van der Waals surface area contributed by atoms with E-state index in [0.717, 1.165) is 13.0 Å². The van der Waals surface area contributed by atoms with Crippen molar-refractivity contribution in [3.63, 3.8) is 0 Å². The minimum Gasteiger partial charge on any atom is -0.373 e. The normalized spacial score (nSPS) is 10.1. The van der Waals surface area contributed by atoms with E-state index in [4.69, 9.17) is 0 Å². The molecule has 1 rings (SSSR count). The predicted molar refractivity (Wildman–Crippen MR) is 68.6 cm³/mol. The first kappa shape index (κ1) is 13.2. The molecule has 0 atom stereocenters. The number of hydrogen-bond donors (Lipinski definition) is 1. The molecule has 0 spiro atoms. The highest BCUT2D eigenvalue weighted by Gasteiger charge is 2.20. The zero-order chi connectivity index (χ0) is 12.8. The Kier molecular flexibility index (Phi) is 4.68. The third kappa shape index (κ3) is 3.05. The highest BCUT2D eigenvalue weighted by Crippen LogP contribution is 2.27. The standard InChI is InChI=1S/C11H18N4O2/c1-4-8-14(5-2)11-9(15(16)17)6-7-10(12-3)13-11/h6-7H,4-5,8H2,1-3H3,(H,12,13). The van der Waals surface area contributed by atoms with Crippen molar-refractivity contribution in [2.24, 2.45) is 0 Å². The molecule has 0 aliphatic carbocycles. The Bertz CT molecular complexity index is 395. The Hall–Kier alpha value is -1.85. The number of rotatable bonds is 6. The summed E-state index contributed by atoms with van der Waals surface area (Å²) < 4.78 is 0. The van der Waals surface area contributed by atoms with Gasteiger partial charge in [0.25, 0.3) is 0 Å². The SMILES string of the molecule is CCCN(CC)c1nc(NC)ccc1[N+](=O)[O-]. The van der Waals surface area contributed by atoms with E-state index in [9.17, 15) is 10.1 Å². The van der Waals surface area contributed by atoms with E-state index >= 15 is 0 Å². The van der Waals surface area contributed by atoms with Gasteiger partial charge in [0, 0.05) is 26.2 Å². The molecule has 6 heteroatoms. The first-order valence-electron chi connectivity index (χ1n) is 5.72.